The minimum atomic E-state index is -1.42. The number of allylic oxidation sites excluding steroid dienone is 2. The monoisotopic (exact) mass is 1020 g/mol. The van der Waals surface area contributed by atoms with E-state index in [0.29, 0.717) is 49.5 Å². The molecule has 0 saturated carbocycles. The van der Waals surface area contributed by atoms with E-state index in [0.717, 1.165) is 34.2 Å². The second-order valence-corrected chi connectivity index (χ2v) is 21.0. The summed E-state index contributed by atoms with van der Waals surface area (Å²) in [5, 5.41) is 32.2. The summed E-state index contributed by atoms with van der Waals surface area (Å²) < 4.78 is 32.9. The van der Waals surface area contributed by atoms with Crippen LogP contribution in [0.25, 0.3) is 11.0 Å². The smallest absolute Gasteiger partial charge is 0.340 e. The maximum Gasteiger partial charge on any atom is 0.340 e. The van der Waals surface area contributed by atoms with Crippen molar-refractivity contribution in [2.75, 3.05) is 26.9 Å². The highest BCUT2D eigenvalue weighted by atomic mass is 16.6. The van der Waals surface area contributed by atoms with Gasteiger partial charge in [0.25, 0.3) is 0 Å². The van der Waals surface area contributed by atoms with Gasteiger partial charge in [0.05, 0.1) is 31.8 Å². The van der Waals surface area contributed by atoms with E-state index in [4.69, 9.17) is 23.4 Å². The molecule has 10 rings (SSSR count). The zero-order chi connectivity index (χ0) is 52.8. The fraction of sp³-hybridized carbons (Fsp3) is 0.369. The second kappa shape index (κ2) is 23.4. The summed E-state index contributed by atoms with van der Waals surface area (Å²) in [6.45, 7) is 0.595. The van der Waals surface area contributed by atoms with Crippen LogP contribution in [-0.4, -0.2) is 65.9 Å². The van der Waals surface area contributed by atoms with Gasteiger partial charge in [0.2, 0.25) is 0 Å². The van der Waals surface area contributed by atoms with Crippen molar-refractivity contribution >= 4 is 22.9 Å². The number of aliphatic hydroxyl groups excluding tert-OH is 3. The van der Waals surface area contributed by atoms with Crippen LogP contribution < -0.4 is 10.4 Å². The van der Waals surface area contributed by atoms with Gasteiger partial charge in [-0.2, -0.15) is 0 Å². The van der Waals surface area contributed by atoms with E-state index in [1.807, 2.05) is 24.3 Å². The molecule has 3 N–H and O–H groups in total. The quantitative estimate of drug-likeness (QED) is 0.0313. The van der Waals surface area contributed by atoms with Crippen LogP contribution >= 0.6 is 0 Å². The number of methoxy groups -OCH3 is 1. The van der Waals surface area contributed by atoms with E-state index in [9.17, 15) is 20.1 Å². The van der Waals surface area contributed by atoms with Crippen LogP contribution in [0.1, 0.15) is 131 Å². The SMILES string of the molecule is COC[C@@H](CCO)c1c(CO)c2ccc3c(c2oc1=O)[C@H]1OC(=O)C[C@@H]2C[C@@H](c4cccc(Cc5ccccc5)c4)C=C[C@H]2c2ccc4cc2CC#CC[C@@](CCCc2ccccc2)(O3)[C@H]1OC(=O)/C(=C(/C)CO)CC4. The number of aliphatic hydroxyl groups is 3. The molecular formula is C65H66O11. The lowest BCUT2D eigenvalue weighted by molar-refractivity contribution is -0.194. The van der Waals surface area contributed by atoms with Gasteiger partial charge >= 0.3 is 17.6 Å². The molecule has 76 heavy (non-hydrogen) atoms. The molecular weight excluding hydrogens is 957 g/mol. The van der Waals surface area contributed by atoms with Gasteiger partial charge in [0.1, 0.15) is 11.3 Å². The van der Waals surface area contributed by atoms with Crippen molar-refractivity contribution in [3.8, 4) is 17.6 Å². The molecule has 0 fully saturated rings. The molecule has 0 radical (unpaired) electrons. The molecule has 4 aliphatic rings. The van der Waals surface area contributed by atoms with Crippen LogP contribution in [0.15, 0.2) is 148 Å². The van der Waals surface area contributed by atoms with Crippen molar-refractivity contribution in [3.63, 3.8) is 0 Å². The lowest BCUT2D eigenvalue weighted by Crippen LogP contribution is -2.56. The molecule has 1 aliphatic carbocycles. The van der Waals surface area contributed by atoms with E-state index >= 15 is 9.59 Å². The third-order valence-electron chi connectivity index (χ3n) is 16.1. The van der Waals surface area contributed by atoms with Crippen LogP contribution in [-0.2, 0) is 56.1 Å². The lowest BCUT2D eigenvalue weighted by atomic mass is 9.71. The van der Waals surface area contributed by atoms with Crippen LogP contribution in [0, 0.1) is 17.8 Å². The van der Waals surface area contributed by atoms with Gasteiger partial charge in [0, 0.05) is 60.8 Å². The Kier molecular flexibility index (Phi) is 16.2. The number of hydrogen-bond acceptors (Lipinski definition) is 11. The first-order valence-electron chi connectivity index (χ1n) is 26.7. The summed E-state index contributed by atoms with van der Waals surface area (Å²) in [6, 6.07) is 39.0. The first-order chi connectivity index (χ1) is 37.1. The van der Waals surface area contributed by atoms with Gasteiger partial charge in [-0.25, -0.2) is 9.59 Å². The second-order valence-electron chi connectivity index (χ2n) is 21.0. The standard InChI is InChI=1S/C65H66O11/c1-41(38-67)51-24-21-44-22-25-52-48(34-44)19-9-10-30-65(31-12-18-42-13-5-3-6-14-42)62(75-63(51)70)61(59-56(76-65)28-27-54-55(39-68)58(64(71)74-60(54)59)49(29-32-66)40-72-2)73-57(69)37-50-36-47(23-26-53(50)52)46-20-11-17-45(35-46)33-43-15-7-4-8-16-43/h3-8,11,13-17,20,22-23,25-28,34-35,47,49-50,53,61-62,66-68H,12,18-19,21,24,29-33,36-40H2,1-2H3/b51-41-/t47-,49+,50-,53+,61+,62-,65-/m0/s1. The van der Waals surface area contributed by atoms with Crippen LogP contribution in [0.3, 0.4) is 0 Å². The topological polar surface area (TPSA) is 162 Å². The Morgan fingerprint density at radius 1 is 0.842 bits per heavy atom. The fourth-order valence-corrected chi connectivity index (χ4v) is 12.3. The molecule has 4 heterocycles. The first kappa shape index (κ1) is 52.4. The van der Waals surface area contributed by atoms with Gasteiger partial charge in [-0.1, -0.05) is 127 Å². The predicted molar refractivity (Wildman–Crippen MR) is 290 cm³/mol. The number of aryl methyl sites for hydroxylation is 2. The predicted octanol–water partition coefficient (Wildman–Crippen LogP) is 10.4. The molecule has 0 saturated heterocycles. The van der Waals surface area contributed by atoms with Crippen molar-refractivity contribution in [1.29, 1.82) is 0 Å². The van der Waals surface area contributed by atoms with Crippen molar-refractivity contribution in [2.45, 2.75) is 120 Å². The number of hydrogen-bond donors (Lipinski definition) is 3. The number of fused-ring (bicyclic) bond motifs is 9. The van der Waals surface area contributed by atoms with E-state index in [1.54, 1.807) is 19.1 Å². The summed E-state index contributed by atoms with van der Waals surface area (Å²) in [4.78, 5) is 45.1. The molecule has 392 valence electrons. The average molecular weight is 1020 g/mol. The van der Waals surface area contributed by atoms with E-state index in [2.05, 4.69) is 103 Å². The van der Waals surface area contributed by atoms with Crippen molar-refractivity contribution in [1.82, 2.24) is 0 Å². The van der Waals surface area contributed by atoms with Crippen molar-refractivity contribution in [3.05, 3.63) is 205 Å². The van der Waals surface area contributed by atoms with E-state index in [1.165, 1.54) is 18.2 Å². The highest BCUT2D eigenvalue weighted by Gasteiger charge is 2.55. The Balaban J connectivity index is 1.16. The number of esters is 2. The summed E-state index contributed by atoms with van der Waals surface area (Å²) in [6.07, 6.45) is 6.09. The molecule has 1 aromatic heterocycles. The molecule has 3 aliphatic heterocycles. The van der Waals surface area contributed by atoms with Gasteiger partial charge < -0.3 is 38.7 Å². The molecule has 5 aromatic carbocycles. The van der Waals surface area contributed by atoms with Crippen LogP contribution in [0.2, 0.25) is 0 Å². The number of carbonyl (C=O) groups is 2. The summed E-state index contributed by atoms with van der Waals surface area (Å²) in [5.74, 6) is 4.97. The number of benzene rings is 5. The van der Waals surface area contributed by atoms with E-state index in [-0.39, 0.29) is 96.9 Å². The van der Waals surface area contributed by atoms with Crippen LogP contribution in [0.4, 0.5) is 0 Å². The van der Waals surface area contributed by atoms with Gasteiger partial charge in [-0.05, 0) is 126 Å². The molecule has 11 heteroatoms. The normalized spacial score (nSPS) is 23.1. The minimum Gasteiger partial charge on any atom is -0.482 e. The summed E-state index contributed by atoms with van der Waals surface area (Å²) >= 11 is 0. The maximum atomic E-state index is 15.5. The number of rotatable bonds is 14. The van der Waals surface area contributed by atoms with Gasteiger partial charge in [0.15, 0.2) is 17.8 Å². The molecule has 11 nitrogen and oxygen atoms in total. The molecule has 7 atom stereocenters. The molecule has 6 aromatic rings. The molecule has 0 unspecified atom stereocenters. The highest BCUT2D eigenvalue weighted by Crippen LogP contribution is 2.52. The Labute approximate surface area is 444 Å². The molecule has 0 amide bonds. The van der Waals surface area contributed by atoms with Crippen molar-refractivity contribution in [2.24, 2.45) is 5.92 Å². The first-order valence-corrected chi connectivity index (χ1v) is 26.7. The zero-order valence-corrected chi connectivity index (χ0v) is 43.3. The highest BCUT2D eigenvalue weighted by molar-refractivity contribution is 5.90. The lowest BCUT2D eigenvalue weighted by Gasteiger charge is -2.47. The average Bonchev–Trinajstić information content (AvgIpc) is 3.42. The maximum absolute atomic E-state index is 15.5. The third kappa shape index (κ3) is 11.0. The Bertz CT molecular complexity index is 3260. The third-order valence-corrected chi connectivity index (χ3v) is 16.1. The Morgan fingerprint density at radius 2 is 1.63 bits per heavy atom. The Morgan fingerprint density at radius 3 is 2.39 bits per heavy atom. The number of ether oxygens (including phenoxy) is 4. The number of carbonyl (C=O) groups excluding carboxylic acids is 2. The van der Waals surface area contributed by atoms with E-state index < -0.39 is 47.9 Å². The summed E-state index contributed by atoms with van der Waals surface area (Å²) in [5.41, 5.74) is 6.95. The fourth-order valence-electron chi connectivity index (χ4n) is 12.3. The van der Waals surface area contributed by atoms with Gasteiger partial charge in [-0.3, -0.25) is 4.79 Å². The van der Waals surface area contributed by atoms with Gasteiger partial charge in [-0.15, -0.1) is 0 Å². The van der Waals surface area contributed by atoms with Crippen LogP contribution in [0.5, 0.6) is 5.75 Å². The summed E-state index contributed by atoms with van der Waals surface area (Å²) in [7, 11) is 1.50. The van der Waals surface area contributed by atoms with Crippen molar-refractivity contribution < 1.29 is 48.3 Å². The largest absolute Gasteiger partial charge is 0.482 e. The minimum absolute atomic E-state index is 0.00810. The Hall–Kier alpha value is -7.07. The molecule has 0 spiro atoms. The zero-order valence-electron chi connectivity index (χ0n) is 43.3. The molecule has 5 bridgehead atoms.